The Morgan fingerprint density at radius 2 is 1.32 bits per heavy atom. The molecule has 2 fully saturated rings. The molecule has 68 heavy (non-hydrogen) atoms. The first-order valence-electron chi connectivity index (χ1n) is 22.8. The van der Waals surface area contributed by atoms with Crippen LogP contribution in [0, 0.1) is 5.82 Å². The van der Waals surface area contributed by atoms with Gasteiger partial charge in [0.05, 0.1) is 17.4 Å². The molecule has 15 heteroatoms. The molecular weight excluding hydrogens is 896 g/mol. The number of nitrogens with one attached hydrogen (secondary N) is 1. The van der Waals surface area contributed by atoms with E-state index in [1.165, 1.54) is 54.8 Å². The number of carbonyl (C=O) groups excluding carboxylic acids is 1. The Balaban J connectivity index is 0.000000195. The van der Waals surface area contributed by atoms with Crippen LogP contribution in [0.4, 0.5) is 17.6 Å². The Morgan fingerprint density at radius 3 is 1.87 bits per heavy atom. The Bertz CT molecular complexity index is 2530. The molecule has 1 amide bonds. The van der Waals surface area contributed by atoms with Crippen LogP contribution >= 0.6 is 11.6 Å². The quantitative estimate of drug-likeness (QED) is 0.103. The smallest absolute Gasteiger partial charge is 0.434 e. The van der Waals surface area contributed by atoms with Crippen molar-refractivity contribution in [3.05, 3.63) is 178 Å². The van der Waals surface area contributed by atoms with Crippen molar-refractivity contribution in [3.8, 4) is 5.69 Å². The van der Waals surface area contributed by atoms with Crippen LogP contribution in [0.5, 0.6) is 0 Å². The van der Waals surface area contributed by atoms with Gasteiger partial charge < -0.3 is 30.4 Å². The fourth-order valence-corrected chi connectivity index (χ4v) is 9.35. The number of alkyl halides is 3. The molecule has 2 heterocycles. The summed E-state index contributed by atoms with van der Waals surface area (Å²) in [7, 11) is 8.31. The van der Waals surface area contributed by atoms with Gasteiger partial charge in [0, 0.05) is 34.6 Å². The molecule has 6 aromatic rings. The number of likely N-dealkylation sites (N-methyl/N-ethyl adjacent to an activating group) is 2. The number of halogens is 5. The van der Waals surface area contributed by atoms with E-state index in [0.717, 1.165) is 31.0 Å². The molecule has 0 aliphatic heterocycles. The Kier molecular flexibility index (Phi) is 17.4. The monoisotopic (exact) mass is 956 g/mol. The van der Waals surface area contributed by atoms with Gasteiger partial charge >= 0.3 is 12.1 Å². The van der Waals surface area contributed by atoms with E-state index < -0.39 is 29.3 Å². The molecule has 10 nitrogen and oxygen atoms in total. The standard InChI is InChI=1S/C26H27ClF4N4O.C15H24N2.C12H10O3/c1-34(2)25(15-17-5-3-4-6-22(17)28)13-11-19(12-14-25)33-24(36)21-16-32-35(23(21)26(29,30)31)20-9-7-18(27)8-10-20;1-17(2)15(10-8-14(16)9-11-15)12-13-6-4-3-5-7-13;13-12(14)11-7-6-10(15-11)8-9-4-2-1-3-5-9/h3-10,16,19H,11-15H2,1-2H3,(H,33,36);3-7,14H,8-12,16H2,1-2H3;1-7H,8H2,(H,13,14). The zero-order valence-electron chi connectivity index (χ0n) is 39.0. The first kappa shape index (κ1) is 51.6. The number of aromatic carboxylic acids is 1. The fraction of sp³-hybridized carbons (Fsp3) is 0.377. The summed E-state index contributed by atoms with van der Waals surface area (Å²) in [4.78, 5) is 28.0. The van der Waals surface area contributed by atoms with Gasteiger partial charge in [-0.3, -0.25) is 4.79 Å². The van der Waals surface area contributed by atoms with Gasteiger partial charge in [0.25, 0.3) is 5.91 Å². The molecule has 0 bridgehead atoms. The molecule has 2 aliphatic rings. The van der Waals surface area contributed by atoms with E-state index in [1.54, 1.807) is 24.3 Å². The van der Waals surface area contributed by atoms with E-state index in [4.69, 9.17) is 26.9 Å². The third-order valence-corrected chi connectivity index (χ3v) is 13.7. The number of furan rings is 1. The van der Waals surface area contributed by atoms with Crippen LogP contribution in [0.2, 0.25) is 5.02 Å². The number of nitrogens with zero attached hydrogens (tertiary/aromatic N) is 4. The summed E-state index contributed by atoms with van der Waals surface area (Å²) in [5.74, 6) is -1.46. The first-order chi connectivity index (χ1) is 32.4. The summed E-state index contributed by atoms with van der Waals surface area (Å²) in [5, 5.41) is 15.7. The number of carboxylic acids is 1. The van der Waals surface area contributed by atoms with Crippen molar-refractivity contribution in [2.24, 2.45) is 5.73 Å². The molecule has 4 N–H and O–H groups in total. The molecule has 2 aliphatic carbocycles. The summed E-state index contributed by atoms with van der Waals surface area (Å²) < 4.78 is 62.1. The zero-order valence-corrected chi connectivity index (χ0v) is 39.7. The lowest BCUT2D eigenvalue weighted by molar-refractivity contribution is -0.143. The zero-order chi connectivity index (χ0) is 49.1. The van der Waals surface area contributed by atoms with E-state index in [1.807, 2.05) is 44.4 Å². The molecular formula is C53H61ClF4N6O4. The van der Waals surface area contributed by atoms with Gasteiger partial charge in [-0.15, -0.1) is 0 Å². The maximum atomic E-state index is 14.3. The van der Waals surface area contributed by atoms with E-state index in [2.05, 4.69) is 64.6 Å². The van der Waals surface area contributed by atoms with Crippen molar-refractivity contribution in [3.63, 3.8) is 0 Å². The van der Waals surface area contributed by atoms with Crippen molar-refractivity contribution in [2.45, 2.75) is 100.0 Å². The number of hydrogen-bond donors (Lipinski definition) is 3. The number of rotatable bonds is 12. The predicted octanol–water partition coefficient (Wildman–Crippen LogP) is 10.9. The predicted molar refractivity (Wildman–Crippen MR) is 258 cm³/mol. The molecule has 0 unspecified atom stereocenters. The SMILES string of the molecule is CN(C)C1(Cc2ccccc2)CCC(N)CC1.CN(C)C1(Cc2ccccc2F)CCC(NC(=O)c2cnn(-c3ccc(Cl)cc3)c2C(F)(F)F)CC1.O=C(O)c1ccc(Cc2ccccc2)o1. The minimum absolute atomic E-state index is 0.0130. The second-order valence-corrected chi connectivity index (χ2v) is 18.7. The maximum absolute atomic E-state index is 14.3. The molecule has 0 spiro atoms. The van der Waals surface area contributed by atoms with E-state index in [9.17, 15) is 27.2 Å². The molecule has 4 aromatic carbocycles. The van der Waals surface area contributed by atoms with Gasteiger partial charge in [-0.25, -0.2) is 13.9 Å². The Labute approximate surface area is 401 Å². The molecule has 2 saturated carbocycles. The van der Waals surface area contributed by atoms with Gasteiger partial charge in [0.1, 0.15) is 11.6 Å². The number of benzene rings is 4. The van der Waals surface area contributed by atoms with Crippen LogP contribution < -0.4 is 11.1 Å². The normalized spacial score (nSPS) is 20.5. The number of carboxylic acid groups (broad SMARTS) is 1. The molecule has 0 atom stereocenters. The number of aromatic nitrogens is 2. The lowest BCUT2D eigenvalue weighted by atomic mass is 9.74. The number of nitrogens with two attached hydrogens (primary N) is 1. The summed E-state index contributed by atoms with van der Waals surface area (Å²) in [6, 6.07) is 36.3. The second-order valence-electron chi connectivity index (χ2n) is 18.3. The van der Waals surface area contributed by atoms with Crippen molar-refractivity contribution in [2.75, 3.05) is 28.2 Å². The highest BCUT2D eigenvalue weighted by Crippen LogP contribution is 2.38. The van der Waals surface area contributed by atoms with Crippen LogP contribution in [0.25, 0.3) is 5.69 Å². The van der Waals surface area contributed by atoms with Crippen molar-refractivity contribution < 1.29 is 36.7 Å². The number of amides is 1. The minimum Gasteiger partial charge on any atom is -0.475 e. The molecule has 2 aromatic heterocycles. The van der Waals surface area contributed by atoms with Crippen LogP contribution in [0.1, 0.15) is 100 Å². The van der Waals surface area contributed by atoms with Gasteiger partial charge in [0.15, 0.2) is 5.69 Å². The second kappa shape index (κ2) is 23.0. The van der Waals surface area contributed by atoms with E-state index in [-0.39, 0.29) is 28.8 Å². The lowest BCUT2D eigenvalue weighted by Gasteiger charge is -2.45. The summed E-state index contributed by atoms with van der Waals surface area (Å²) in [5.41, 5.74) is 7.68. The molecule has 8 rings (SSSR count). The lowest BCUT2D eigenvalue weighted by Crippen LogP contribution is -2.52. The largest absolute Gasteiger partial charge is 0.475 e. The third kappa shape index (κ3) is 13.5. The highest BCUT2D eigenvalue weighted by atomic mass is 35.5. The van der Waals surface area contributed by atoms with Gasteiger partial charge in [-0.2, -0.15) is 18.3 Å². The Morgan fingerprint density at radius 1 is 0.779 bits per heavy atom. The van der Waals surface area contributed by atoms with Gasteiger partial charge in [0.2, 0.25) is 5.76 Å². The highest BCUT2D eigenvalue weighted by Gasteiger charge is 2.42. The average Bonchev–Trinajstić information content (AvgIpc) is 3.99. The van der Waals surface area contributed by atoms with Crippen LogP contribution in [-0.2, 0) is 25.4 Å². The minimum atomic E-state index is -4.80. The molecule has 362 valence electrons. The summed E-state index contributed by atoms with van der Waals surface area (Å²) in [6.07, 6.45) is 5.62. The summed E-state index contributed by atoms with van der Waals surface area (Å²) >= 11 is 5.85. The third-order valence-electron chi connectivity index (χ3n) is 13.4. The van der Waals surface area contributed by atoms with E-state index in [0.29, 0.717) is 71.1 Å². The highest BCUT2D eigenvalue weighted by molar-refractivity contribution is 6.30. The topological polar surface area (TPSA) is 130 Å². The molecule has 0 radical (unpaired) electrons. The fourth-order valence-electron chi connectivity index (χ4n) is 9.23. The van der Waals surface area contributed by atoms with Crippen molar-refractivity contribution in [1.29, 1.82) is 0 Å². The van der Waals surface area contributed by atoms with Crippen molar-refractivity contribution >= 4 is 23.5 Å². The number of hydrogen-bond acceptors (Lipinski definition) is 7. The van der Waals surface area contributed by atoms with Crippen LogP contribution in [0.3, 0.4) is 0 Å². The first-order valence-corrected chi connectivity index (χ1v) is 23.2. The van der Waals surface area contributed by atoms with Crippen molar-refractivity contribution in [1.82, 2.24) is 24.9 Å². The van der Waals surface area contributed by atoms with Gasteiger partial charge in [-0.1, -0.05) is 90.5 Å². The number of carbonyl (C=O) groups is 2. The van der Waals surface area contributed by atoms with Crippen LogP contribution in [-0.4, -0.2) is 87.9 Å². The van der Waals surface area contributed by atoms with Crippen LogP contribution in [0.15, 0.2) is 132 Å². The maximum Gasteiger partial charge on any atom is 0.434 e. The Hall–Kier alpha value is -5.80. The van der Waals surface area contributed by atoms with E-state index >= 15 is 0 Å². The summed E-state index contributed by atoms with van der Waals surface area (Å²) in [6.45, 7) is 0. The van der Waals surface area contributed by atoms with Gasteiger partial charge in [-0.05, 0) is 152 Å². The average molecular weight is 958 g/mol. The molecule has 0 saturated heterocycles.